The van der Waals surface area contributed by atoms with Crippen LogP contribution in [0.1, 0.15) is 24.8 Å². The van der Waals surface area contributed by atoms with Crippen LogP contribution in [0.5, 0.6) is 0 Å². The minimum Gasteiger partial charge on any atom is -0.327 e. The van der Waals surface area contributed by atoms with Gasteiger partial charge in [0.15, 0.2) is 0 Å². The van der Waals surface area contributed by atoms with E-state index in [1.165, 1.54) is 18.9 Å². The van der Waals surface area contributed by atoms with Crippen molar-refractivity contribution in [3.63, 3.8) is 0 Å². The standard InChI is InChI=1S/C15H20BrFN2/c16-13-4-2-5-14(17)12(13)9-19-7-10-3-1-6-15(18)11(10)8-19/h2,4-5,10-11,15H,1,3,6-9,18H2. The second kappa shape index (κ2) is 5.51. The Labute approximate surface area is 122 Å². The third-order valence-electron chi connectivity index (χ3n) is 4.67. The van der Waals surface area contributed by atoms with Crippen LogP contribution in [0, 0.1) is 17.7 Å². The predicted octanol–water partition coefficient (Wildman–Crippen LogP) is 3.15. The zero-order valence-corrected chi connectivity index (χ0v) is 12.6. The smallest absolute Gasteiger partial charge is 0.128 e. The molecule has 1 aliphatic carbocycles. The first-order valence-corrected chi connectivity index (χ1v) is 7.85. The highest BCUT2D eigenvalue weighted by Crippen LogP contribution is 2.36. The fourth-order valence-corrected chi connectivity index (χ4v) is 4.11. The van der Waals surface area contributed by atoms with E-state index in [2.05, 4.69) is 20.8 Å². The molecule has 3 rings (SSSR count). The number of likely N-dealkylation sites (tertiary alicyclic amines) is 1. The minimum absolute atomic E-state index is 0.117. The van der Waals surface area contributed by atoms with Crippen molar-refractivity contribution in [2.24, 2.45) is 17.6 Å². The highest BCUT2D eigenvalue weighted by atomic mass is 79.9. The molecule has 2 fully saturated rings. The van der Waals surface area contributed by atoms with Crippen LogP contribution in [0.2, 0.25) is 0 Å². The summed E-state index contributed by atoms with van der Waals surface area (Å²) in [6.45, 7) is 2.78. The van der Waals surface area contributed by atoms with Crippen LogP contribution < -0.4 is 5.73 Å². The van der Waals surface area contributed by atoms with E-state index < -0.39 is 0 Å². The van der Waals surface area contributed by atoms with Crippen molar-refractivity contribution in [1.82, 2.24) is 4.90 Å². The van der Waals surface area contributed by atoms with Crippen LogP contribution in [0.4, 0.5) is 4.39 Å². The Morgan fingerprint density at radius 3 is 2.89 bits per heavy atom. The third kappa shape index (κ3) is 2.71. The number of fused-ring (bicyclic) bond motifs is 1. The summed E-state index contributed by atoms with van der Waals surface area (Å²) in [7, 11) is 0. The molecule has 19 heavy (non-hydrogen) atoms. The first-order valence-electron chi connectivity index (χ1n) is 7.06. The van der Waals surface area contributed by atoms with Crippen LogP contribution in [0.25, 0.3) is 0 Å². The number of nitrogens with zero attached hydrogens (tertiary/aromatic N) is 1. The van der Waals surface area contributed by atoms with E-state index in [0.29, 0.717) is 24.4 Å². The molecule has 2 nitrogen and oxygen atoms in total. The average molecular weight is 327 g/mol. The summed E-state index contributed by atoms with van der Waals surface area (Å²) in [6.07, 6.45) is 3.69. The SMILES string of the molecule is NC1CCCC2CN(Cc3c(F)cccc3Br)CC12. The molecule has 4 heteroatoms. The second-order valence-electron chi connectivity index (χ2n) is 5.91. The molecule has 2 N–H and O–H groups in total. The topological polar surface area (TPSA) is 29.3 Å². The molecule has 0 radical (unpaired) electrons. The molecule has 0 spiro atoms. The Morgan fingerprint density at radius 2 is 2.16 bits per heavy atom. The van der Waals surface area contributed by atoms with Crippen LogP contribution >= 0.6 is 15.9 Å². The van der Waals surface area contributed by atoms with E-state index in [4.69, 9.17) is 5.73 Å². The van der Waals surface area contributed by atoms with Crippen molar-refractivity contribution in [2.75, 3.05) is 13.1 Å². The summed E-state index contributed by atoms with van der Waals surface area (Å²) in [5.74, 6) is 1.21. The lowest BCUT2D eigenvalue weighted by Crippen LogP contribution is -2.38. The van der Waals surface area contributed by atoms with E-state index in [1.807, 2.05) is 6.07 Å². The van der Waals surface area contributed by atoms with Gasteiger partial charge in [-0.3, -0.25) is 4.90 Å². The summed E-state index contributed by atoms with van der Waals surface area (Å²) in [5, 5.41) is 0. The molecule has 1 aromatic rings. The van der Waals surface area contributed by atoms with Crippen LogP contribution in [-0.2, 0) is 6.54 Å². The van der Waals surface area contributed by atoms with Gasteiger partial charge >= 0.3 is 0 Å². The van der Waals surface area contributed by atoms with E-state index in [9.17, 15) is 4.39 Å². The number of halogens is 2. The number of benzene rings is 1. The predicted molar refractivity (Wildman–Crippen MR) is 78.2 cm³/mol. The highest BCUT2D eigenvalue weighted by molar-refractivity contribution is 9.10. The molecule has 3 unspecified atom stereocenters. The van der Waals surface area contributed by atoms with Gasteiger partial charge in [0, 0.05) is 35.7 Å². The zero-order chi connectivity index (χ0) is 13.4. The van der Waals surface area contributed by atoms with Crippen LogP contribution in [-0.4, -0.2) is 24.0 Å². The fourth-order valence-electron chi connectivity index (χ4n) is 3.65. The van der Waals surface area contributed by atoms with Gasteiger partial charge in [0.1, 0.15) is 5.82 Å². The molecule has 1 heterocycles. The minimum atomic E-state index is -0.117. The fraction of sp³-hybridized carbons (Fsp3) is 0.600. The molecular formula is C15H20BrFN2. The lowest BCUT2D eigenvalue weighted by atomic mass is 9.78. The van der Waals surface area contributed by atoms with Crippen LogP contribution in [0.15, 0.2) is 22.7 Å². The average Bonchev–Trinajstić information content (AvgIpc) is 2.78. The van der Waals surface area contributed by atoms with Crippen molar-refractivity contribution in [3.8, 4) is 0 Å². The Hall–Kier alpha value is -0.450. The molecule has 1 aromatic carbocycles. The van der Waals surface area contributed by atoms with Gasteiger partial charge in [0.05, 0.1) is 0 Å². The van der Waals surface area contributed by atoms with Crippen molar-refractivity contribution in [3.05, 3.63) is 34.1 Å². The Balaban J connectivity index is 1.72. The normalized spacial score (nSPS) is 31.4. The lowest BCUT2D eigenvalue weighted by Gasteiger charge is -2.29. The van der Waals surface area contributed by atoms with Crippen molar-refractivity contribution in [1.29, 1.82) is 0 Å². The molecule has 2 aliphatic rings. The maximum Gasteiger partial charge on any atom is 0.128 e. The Kier molecular flexibility index (Phi) is 3.92. The number of nitrogens with two attached hydrogens (primary N) is 1. The number of hydrogen-bond acceptors (Lipinski definition) is 2. The first kappa shape index (κ1) is 13.5. The number of hydrogen-bond donors (Lipinski definition) is 1. The quantitative estimate of drug-likeness (QED) is 0.904. The van der Waals surface area contributed by atoms with Gasteiger partial charge in [0.25, 0.3) is 0 Å². The molecule has 0 aromatic heterocycles. The van der Waals surface area contributed by atoms with Gasteiger partial charge in [-0.05, 0) is 36.8 Å². The molecule has 1 saturated carbocycles. The Morgan fingerprint density at radius 1 is 1.32 bits per heavy atom. The summed E-state index contributed by atoms with van der Waals surface area (Å²) in [6, 6.07) is 5.53. The monoisotopic (exact) mass is 326 g/mol. The maximum atomic E-state index is 13.9. The van der Waals surface area contributed by atoms with Crippen LogP contribution in [0.3, 0.4) is 0 Å². The summed E-state index contributed by atoms with van der Waals surface area (Å²) >= 11 is 3.45. The largest absolute Gasteiger partial charge is 0.327 e. The summed E-state index contributed by atoms with van der Waals surface area (Å²) in [5.41, 5.74) is 7.00. The molecule has 104 valence electrons. The third-order valence-corrected chi connectivity index (χ3v) is 5.42. The molecule has 1 aliphatic heterocycles. The zero-order valence-electron chi connectivity index (χ0n) is 11.0. The van der Waals surface area contributed by atoms with E-state index in [-0.39, 0.29) is 5.82 Å². The summed E-state index contributed by atoms with van der Waals surface area (Å²) in [4.78, 5) is 2.36. The van der Waals surface area contributed by atoms with Crippen molar-refractivity contribution in [2.45, 2.75) is 31.8 Å². The molecule has 0 amide bonds. The molecule has 0 bridgehead atoms. The molecular weight excluding hydrogens is 307 g/mol. The van der Waals surface area contributed by atoms with Crippen molar-refractivity contribution >= 4 is 15.9 Å². The van der Waals surface area contributed by atoms with Gasteiger partial charge in [0.2, 0.25) is 0 Å². The highest BCUT2D eigenvalue weighted by Gasteiger charge is 2.38. The maximum absolute atomic E-state index is 13.9. The lowest BCUT2D eigenvalue weighted by molar-refractivity contribution is 0.259. The first-order chi connectivity index (χ1) is 9.15. The van der Waals surface area contributed by atoms with E-state index in [1.54, 1.807) is 6.07 Å². The second-order valence-corrected chi connectivity index (χ2v) is 6.77. The van der Waals surface area contributed by atoms with Gasteiger partial charge in [-0.15, -0.1) is 0 Å². The van der Waals surface area contributed by atoms with Gasteiger partial charge in [-0.25, -0.2) is 4.39 Å². The van der Waals surface area contributed by atoms with Gasteiger partial charge < -0.3 is 5.73 Å². The van der Waals surface area contributed by atoms with Gasteiger partial charge in [-0.2, -0.15) is 0 Å². The Bertz CT molecular complexity index is 445. The van der Waals surface area contributed by atoms with E-state index >= 15 is 0 Å². The van der Waals surface area contributed by atoms with E-state index in [0.717, 1.165) is 29.5 Å². The number of rotatable bonds is 2. The van der Waals surface area contributed by atoms with Gasteiger partial charge in [-0.1, -0.05) is 28.4 Å². The summed E-state index contributed by atoms with van der Waals surface area (Å²) < 4.78 is 14.7. The molecule has 3 atom stereocenters. The van der Waals surface area contributed by atoms with Crippen molar-refractivity contribution < 1.29 is 4.39 Å². The molecule has 1 saturated heterocycles.